The number of aliphatic hydroxyl groups excluding tert-OH is 3. The van der Waals surface area contributed by atoms with E-state index < -0.39 is 11.8 Å². The highest BCUT2D eigenvalue weighted by Crippen LogP contribution is 2.69. The zero-order valence-corrected chi connectivity index (χ0v) is 33.6. The van der Waals surface area contributed by atoms with Crippen molar-refractivity contribution in [1.29, 1.82) is 0 Å². The Morgan fingerprint density at radius 1 is 1.07 bits per heavy atom. The van der Waals surface area contributed by atoms with Gasteiger partial charge < -0.3 is 40.6 Å². The number of allylic oxidation sites excluding steroid dienone is 1. The fourth-order valence-corrected chi connectivity index (χ4v) is 13.4. The Hall–Kier alpha value is -2.43. The molecule has 1 saturated heterocycles. The molecule has 13 atom stereocenters. The van der Waals surface area contributed by atoms with Crippen LogP contribution >= 0.6 is 0 Å². The predicted molar refractivity (Wildman–Crippen MR) is 216 cm³/mol. The highest BCUT2D eigenvalue weighted by atomic mass is 16.6. The van der Waals surface area contributed by atoms with Gasteiger partial charge in [-0.25, -0.2) is 0 Å². The number of nitrogens with one attached hydrogen (secondary N) is 1. The Kier molecular flexibility index (Phi) is 11.0. The number of ether oxygens (including phenoxy) is 1. The second-order valence-electron chi connectivity index (χ2n) is 19.9. The summed E-state index contributed by atoms with van der Waals surface area (Å²) in [6, 6.07) is 6.16. The fraction of sp³-hybridized carbons (Fsp3) is 0.761. The van der Waals surface area contributed by atoms with E-state index in [1.807, 2.05) is 12.1 Å². The zero-order valence-electron chi connectivity index (χ0n) is 33.6. The Morgan fingerprint density at radius 2 is 1.93 bits per heavy atom. The number of rotatable bonds is 12. The lowest BCUT2D eigenvalue weighted by Crippen LogP contribution is -2.51. The molecule has 304 valence electrons. The molecule has 1 aromatic heterocycles. The molecule has 55 heavy (non-hydrogen) atoms. The first kappa shape index (κ1) is 39.4. The van der Waals surface area contributed by atoms with Crippen molar-refractivity contribution in [3.63, 3.8) is 0 Å². The molecule has 1 aromatic carbocycles. The van der Waals surface area contributed by atoms with Crippen LogP contribution in [0.25, 0.3) is 10.8 Å². The van der Waals surface area contributed by atoms with E-state index in [2.05, 4.69) is 30.2 Å². The molecule has 8 rings (SSSR count). The number of guanidine groups is 1. The fourth-order valence-electron chi connectivity index (χ4n) is 13.4. The van der Waals surface area contributed by atoms with Crippen LogP contribution in [0.15, 0.2) is 52.3 Å². The normalized spacial score (nSPS) is 42.3. The molecule has 7 N–H and O–H groups in total. The van der Waals surface area contributed by atoms with Crippen molar-refractivity contribution in [3.05, 3.63) is 48.4 Å². The molecule has 0 bridgehead atoms. The number of aliphatic imine (C=N–C) groups is 1. The summed E-state index contributed by atoms with van der Waals surface area (Å²) in [4.78, 5) is 4.60. The van der Waals surface area contributed by atoms with E-state index in [-0.39, 0.29) is 47.1 Å². The molecule has 0 amide bonds. The van der Waals surface area contributed by atoms with Gasteiger partial charge in [-0.2, -0.15) is 0 Å². The summed E-state index contributed by atoms with van der Waals surface area (Å²) in [5.41, 5.74) is 8.51. The van der Waals surface area contributed by atoms with Crippen molar-refractivity contribution in [2.75, 3.05) is 13.2 Å². The molecule has 9 nitrogen and oxygen atoms in total. The van der Waals surface area contributed by atoms with Gasteiger partial charge in [0.25, 0.3) is 0 Å². The first-order valence-corrected chi connectivity index (χ1v) is 21.9. The van der Waals surface area contributed by atoms with Gasteiger partial charge in [-0.15, -0.1) is 0 Å². The second-order valence-corrected chi connectivity index (χ2v) is 19.9. The van der Waals surface area contributed by atoms with E-state index in [1.165, 1.54) is 24.0 Å². The average Bonchev–Trinajstić information content (AvgIpc) is 3.56. The molecule has 1 spiro atoms. The van der Waals surface area contributed by atoms with Crippen LogP contribution in [0.5, 0.6) is 0 Å². The molecule has 6 aliphatic rings. The Balaban J connectivity index is 0.902. The molecule has 1 aliphatic heterocycles. The first-order valence-electron chi connectivity index (χ1n) is 21.9. The number of furan rings is 1. The van der Waals surface area contributed by atoms with Crippen LogP contribution in [-0.4, -0.2) is 69.2 Å². The monoisotopic (exact) mass is 760 g/mol. The summed E-state index contributed by atoms with van der Waals surface area (Å²) in [7, 11) is 0. The van der Waals surface area contributed by atoms with E-state index in [1.54, 1.807) is 12.5 Å². The predicted octanol–water partition coefficient (Wildman–Crippen LogP) is 7.39. The van der Waals surface area contributed by atoms with Gasteiger partial charge in [0.15, 0.2) is 5.96 Å². The summed E-state index contributed by atoms with van der Waals surface area (Å²) < 4.78 is 12.1. The van der Waals surface area contributed by atoms with Gasteiger partial charge in [0, 0.05) is 41.7 Å². The van der Waals surface area contributed by atoms with Crippen molar-refractivity contribution in [2.45, 2.75) is 159 Å². The van der Waals surface area contributed by atoms with Crippen LogP contribution in [0.4, 0.5) is 0 Å². The number of aliphatic hydroxyl groups is 4. The Labute approximate surface area is 328 Å². The summed E-state index contributed by atoms with van der Waals surface area (Å²) in [5, 5.41) is 48.3. The molecule has 0 unspecified atom stereocenters. The van der Waals surface area contributed by atoms with Crippen LogP contribution in [-0.2, 0) is 11.2 Å². The standard InChI is InChI=1S/C46H69N3O6/c1-29-23-45(17-11-30(24-45)12-18-46(53)15-5-10-35(51)25-46)41-44(3,55-41)16-13-39-37(29)26-43(39,2)34-21-32(9-6-20-50)36(22-34)40(52)49-42(47)48-19-14-31-7-4-8-33-27-54-28-38(31)33/h4,7-8,27-28,30,32,34-37,39-41,50-53H,1,5-6,9-26H2,2-3H3,(H3,47,48,49)/t30-,32-,34+,35+,36-,37-,39+,40+,41-,43-,44-,45-,46-/m1/s1. The SMILES string of the molecule is C=C1C[C@@]2(CC[C@H](CC[C@]3(O)CCC[C@H](O)C3)C2)[C@@H]2O[C@]2(C)CC[C@H]2[C@@H]1C[C@]2(C)[C@H]1C[C@@H](CCCO)[C@H]([C@H](O)NC(N)=NCCc2cccc3cocc23)C1. The lowest BCUT2D eigenvalue weighted by Gasteiger charge is -2.58. The maximum absolute atomic E-state index is 11.6. The van der Waals surface area contributed by atoms with Crippen molar-refractivity contribution in [1.82, 2.24) is 5.32 Å². The third-order valence-electron chi connectivity index (χ3n) is 16.4. The molecule has 9 heteroatoms. The zero-order chi connectivity index (χ0) is 38.6. The average molecular weight is 760 g/mol. The number of hydrogen-bond acceptors (Lipinski definition) is 7. The molecular formula is C46H69N3O6. The van der Waals surface area contributed by atoms with Gasteiger partial charge >= 0.3 is 0 Å². The lowest BCUT2D eigenvalue weighted by molar-refractivity contribution is -0.0715. The van der Waals surface area contributed by atoms with E-state index in [4.69, 9.17) is 21.5 Å². The number of nitrogens with two attached hydrogens (primary N) is 1. The molecule has 0 radical (unpaired) electrons. The van der Waals surface area contributed by atoms with Crippen LogP contribution in [0.3, 0.4) is 0 Å². The number of benzene rings is 1. The maximum atomic E-state index is 11.6. The van der Waals surface area contributed by atoms with Gasteiger partial charge in [0.1, 0.15) is 6.23 Å². The highest BCUT2D eigenvalue weighted by molar-refractivity contribution is 5.84. The molecule has 2 aromatic rings. The van der Waals surface area contributed by atoms with Gasteiger partial charge in [0.2, 0.25) is 0 Å². The van der Waals surface area contributed by atoms with Gasteiger partial charge in [-0.05, 0) is 157 Å². The summed E-state index contributed by atoms with van der Waals surface area (Å²) in [6.07, 6.45) is 19.9. The van der Waals surface area contributed by atoms with Crippen molar-refractivity contribution < 1.29 is 29.6 Å². The number of hydrogen-bond donors (Lipinski definition) is 6. The highest BCUT2D eigenvalue weighted by Gasteiger charge is 2.67. The van der Waals surface area contributed by atoms with Crippen LogP contribution < -0.4 is 11.1 Å². The second kappa shape index (κ2) is 15.4. The smallest absolute Gasteiger partial charge is 0.190 e. The Morgan fingerprint density at radius 3 is 2.75 bits per heavy atom. The summed E-state index contributed by atoms with van der Waals surface area (Å²) >= 11 is 0. The topological polar surface area (TPSA) is 157 Å². The van der Waals surface area contributed by atoms with Crippen LogP contribution in [0, 0.1) is 46.3 Å². The summed E-state index contributed by atoms with van der Waals surface area (Å²) in [5.74, 6) is 2.79. The minimum Gasteiger partial charge on any atom is -0.471 e. The summed E-state index contributed by atoms with van der Waals surface area (Å²) in [6.45, 7) is 10.4. The van der Waals surface area contributed by atoms with E-state index >= 15 is 0 Å². The van der Waals surface area contributed by atoms with Crippen molar-refractivity contribution >= 4 is 16.7 Å². The van der Waals surface area contributed by atoms with Crippen LogP contribution in [0.1, 0.15) is 129 Å². The van der Waals surface area contributed by atoms with Gasteiger partial charge in [-0.1, -0.05) is 37.3 Å². The maximum Gasteiger partial charge on any atom is 0.190 e. The number of epoxide rings is 1. The molecule has 6 fully saturated rings. The van der Waals surface area contributed by atoms with Crippen LogP contribution in [0.2, 0.25) is 0 Å². The molecule has 5 aliphatic carbocycles. The van der Waals surface area contributed by atoms with E-state index in [0.717, 1.165) is 107 Å². The minimum absolute atomic E-state index is 0.0441. The van der Waals surface area contributed by atoms with Crippen molar-refractivity contribution in [2.24, 2.45) is 57.1 Å². The minimum atomic E-state index is -0.789. The Bertz CT molecular complexity index is 1710. The third-order valence-corrected chi connectivity index (χ3v) is 16.4. The van der Waals surface area contributed by atoms with E-state index in [0.29, 0.717) is 42.6 Å². The number of fused-ring (bicyclic) bond motifs is 4. The molecular weight excluding hydrogens is 691 g/mol. The molecule has 5 saturated carbocycles. The largest absolute Gasteiger partial charge is 0.471 e. The van der Waals surface area contributed by atoms with E-state index in [9.17, 15) is 20.4 Å². The number of nitrogens with zero attached hydrogens (tertiary/aromatic N) is 1. The lowest BCUT2D eigenvalue weighted by atomic mass is 9.46. The third kappa shape index (κ3) is 7.79. The van der Waals surface area contributed by atoms with Gasteiger partial charge in [0.05, 0.1) is 35.9 Å². The quantitative estimate of drug-likeness (QED) is 0.0430. The molecule has 2 heterocycles. The van der Waals surface area contributed by atoms with Crippen molar-refractivity contribution in [3.8, 4) is 0 Å². The van der Waals surface area contributed by atoms with Gasteiger partial charge in [-0.3, -0.25) is 4.99 Å². The first-order chi connectivity index (χ1) is 26.3.